The van der Waals surface area contributed by atoms with Gasteiger partial charge in [0.05, 0.1) is 0 Å². The Hall–Kier alpha value is -0.260. The second kappa shape index (κ2) is 15.1. The van der Waals surface area contributed by atoms with Crippen molar-refractivity contribution in [3.63, 3.8) is 0 Å². The molecule has 0 aliphatic heterocycles. The maximum atomic E-state index is 7.08. The molecule has 2 nitrogen and oxygen atoms in total. The molecule has 0 heterocycles. The summed E-state index contributed by atoms with van der Waals surface area (Å²) < 4.78 is 0. The molecule has 0 saturated carbocycles. The van der Waals surface area contributed by atoms with Crippen molar-refractivity contribution in [2.75, 3.05) is 0 Å². The van der Waals surface area contributed by atoms with E-state index in [2.05, 4.69) is 11.6 Å². The van der Waals surface area contributed by atoms with Crippen LogP contribution in [-0.2, 0) is 0 Å². The normalized spacial score (nSPS) is 2.00. The van der Waals surface area contributed by atoms with Gasteiger partial charge in [0.25, 0.3) is 0 Å². The number of halogens is 1. The van der Waals surface area contributed by atoms with Crippen molar-refractivity contribution in [2.45, 2.75) is 0 Å². The van der Waals surface area contributed by atoms with Gasteiger partial charge < -0.3 is 5.48 Å². The molecule has 0 spiro atoms. The fourth-order valence-corrected chi connectivity index (χ4v) is 0. The van der Waals surface area contributed by atoms with Crippen molar-refractivity contribution in [3.05, 3.63) is 0 Å². The summed E-state index contributed by atoms with van der Waals surface area (Å²) in [7, 11) is 0. The molecular formula is CH2ClNO. The summed E-state index contributed by atoms with van der Waals surface area (Å²) in [6.07, 6.45) is 0. The largest absolute Gasteiger partial charge is 0.412 e. The third kappa shape index (κ3) is 14.1. The minimum absolute atomic E-state index is 0. The zero-order chi connectivity index (χ0) is 2.71. The molecule has 0 fully saturated rings. The van der Waals surface area contributed by atoms with E-state index in [0.29, 0.717) is 0 Å². The second-order valence-electron chi connectivity index (χ2n) is 0.0845. The molecule has 2 N–H and O–H groups in total. The van der Waals surface area contributed by atoms with Crippen molar-refractivity contribution in [2.24, 2.45) is 0 Å². The van der Waals surface area contributed by atoms with Crippen LogP contribution >= 0.6 is 11.6 Å². The quantitative estimate of drug-likeness (QED) is 0.399. The van der Waals surface area contributed by atoms with Crippen molar-refractivity contribution >= 4 is 11.6 Å². The summed E-state index contributed by atoms with van der Waals surface area (Å²) in [5.74, 6) is 0. The summed E-state index contributed by atoms with van der Waals surface area (Å²) in [5.41, 5.74) is 1.22. The Kier molecular flexibility index (Phi) is 35.1. The van der Waals surface area contributed by atoms with Gasteiger partial charge in [-0.05, 0) is 0 Å². The molecule has 0 radical (unpaired) electrons. The first-order valence-corrected chi connectivity index (χ1v) is 0.791. The first-order chi connectivity index (χ1) is 1.41. The van der Waals surface area contributed by atoms with Crippen LogP contribution in [0, 0.1) is 10.8 Å². The molecule has 4 heavy (non-hydrogen) atoms. The summed E-state index contributed by atoms with van der Waals surface area (Å²) in [6.45, 7) is 0. The van der Waals surface area contributed by atoms with E-state index in [-0.39, 0.29) is 5.48 Å². The summed E-state index contributed by atoms with van der Waals surface area (Å²) in [6, 6.07) is 0. The standard InChI is InChI=1S/CClN.H2O/c2-1-3;/h;1H2. The van der Waals surface area contributed by atoms with Crippen LogP contribution in [0.5, 0.6) is 0 Å². The Labute approximate surface area is 28.9 Å². The molecule has 0 unspecified atom stereocenters. The Bertz CT molecular complexity index is 29.5. The molecule has 0 aliphatic carbocycles. The van der Waals surface area contributed by atoms with E-state index < -0.39 is 0 Å². The van der Waals surface area contributed by atoms with Crippen LogP contribution in [0.1, 0.15) is 0 Å². The van der Waals surface area contributed by atoms with Gasteiger partial charge in [-0.1, -0.05) is 0 Å². The molecule has 0 atom stereocenters. The van der Waals surface area contributed by atoms with Crippen molar-refractivity contribution in [1.82, 2.24) is 0 Å². The highest BCUT2D eigenvalue weighted by atomic mass is 35.5. The minimum atomic E-state index is 0. The second-order valence-corrected chi connectivity index (χ2v) is 0.254. The fourth-order valence-electron chi connectivity index (χ4n) is 0. The van der Waals surface area contributed by atoms with Gasteiger partial charge in [0.1, 0.15) is 0 Å². The number of hydrogen-bond acceptors (Lipinski definition) is 1. The predicted molar refractivity (Wildman–Crippen MR) is 15.1 cm³/mol. The SMILES string of the molecule is N#CCl.O. The molecule has 0 bridgehead atoms. The lowest BCUT2D eigenvalue weighted by Crippen LogP contribution is -0.952. The minimum Gasteiger partial charge on any atom is -0.412 e. The van der Waals surface area contributed by atoms with Gasteiger partial charge in [0.15, 0.2) is 5.53 Å². The van der Waals surface area contributed by atoms with E-state index in [0.717, 1.165) is 0 Å². The van der Waals surface area contributed by atoms with Crippen LogP contribution in [-0.4, -0.2) is 5.48 Å². The Morgan fingerprint density at radius 3 is 1.75 bits per heavy atom. The van der Waals surface area contributed by atoms with Gasteiger partial charge in [0.2, 0.25) is 0 Å². The molecule has 0 aromatic rings. The summed E-state index contributed by atoms with van der Waals surface area (Å²) in [5, 5.41) is 7.08. The van der Waals surface area contributed by atoms with Crippen LogP contribution in [0.3, 0.4) is 0 Å². The molecule has 0 aromatic carbocycles. The highest BCUT2D eigenvalue weighted by Crippen LogP contribution is 1.49. The van der Waals surface area contributed by atoms with Gasteiger partial charge in [0, 0.05) is 11.6 Å². The molecule has 0 amide bonds. The molecule has 0 aromatic heterocycles. The topological polar surface area (TPSA) is 55.3 Å². The molecule has 3 heteroatoms. The lowest BCUT2D eigenvalue weighted by molar-refractivity contribution is 0.824. The van der Waals surface area contributed by atoms with E-state index in [9.17, 15) is 0 Å². The highest BCUT2D eigenvalue weighted by Gasteiger charge is 1.23. The molecule has 24 valence electrons. The number of hydrogen-bond donors (Lipinski definition) is 0. The third-order valence-electron chi connectivity index (χ3n) is 0. The van der Waals surface area contributed by atoms with E-state index in [1.54, 1.807) is 0 Å². The smallest absolute Gasteiger partial charge is 0.173 e. The van der Waals surface area contributed by atoms with Crippen LogP contribution in [0.25, 0.3) is 0 Å². The van der Waals surface area contributed by atoms with Crippen LogP contribution < -0.4 is 0 Å². The molecule has 0 aliphatic rings. The van der Waals surface area contributed by atoms with Crippen LogP contribution in [0.4, 0.5) is 0 Å². The van der Waals surface area contributed by atoms with E-state index in [1.165, 1.54) is 5.53 Å². The maximum absolute atomic E-state index is 7.08. The van der Waals surface area contributed by atoms with Gasteiger partial charge >= 0.3 is 0 Å². The third-order valence-corrected chi connectivity index (χ3v) is 0. The first-order valence-electron chi connectivity index (χ1n) is 0.413. The molecule has 0 rings (SSSR count). The Balaban J connectivity index is 0. The van der Waals surface area contributed by atoms with Crippen molar-refractivity contribution in [1.29, 1.82) is 5.26 Å². The highest BCUT2D eigenvalue weighted by molar-refractivity contribution is 6.28. The Morgan fingerprint density at radius 1 is 1.75 bits per heavy atom. The monoisotopic (exact) mass is 79.0 g/mol. The van der Waals surface area contributed by atoms with Gasteiger partial charge in [-0.3, -0.25) is 0 Å². The van der Waals surface area contributed by atoms with Crippen LogP contribution in [0.2, 0.25) is 0 Å². The average Bonchev–Trinajstić information content (AvgIpc) is 0.918. The summed E-state index contributed by atoms with van der Waals surface area (Å²) in [4.78, 5) is 0. The average molecular weight is 79.5 g/mol. The predicted octanol–water partition coefficient (Wildman–Crippen LogP) is -0.118. The zero-order valence-electron chi connectivity index (χ0n) is 1.83. The van der Waals surface area contributed by atoms with Gasteiger partial charge in [-0.25, -0.2) is 0 Å². The number of nitriles is 1. The van der Waals surface area contributed by atoms with E-state index >= 15 is 0 Å². The zero-order valence-corrected chi connectivity index (χ0v) is 2.58. The lowest BCUT2D eigenvalue weighted by atomic mass is 11.8. The maximum Gasteiger partial charge on any atom is 0.173 e. The lowest BCUT2D eigenvalue weighted by Gasteiger charge is -1.10. The van der Waals surface area contributed by atoms with E-state index in [1.807, 2.05) is 0 Å². The van der Waals surface area contributed by atoms with Crippen molar-refractivity contribution in [3.8, 4) is 5.53 Å². The summed E-state index contributed by atoms with van der Waals surface area (Å²) >= 11 is 4.30. The Morgan fingerprint density at radius 2 is 1.75 bits per heavy atom. The van der Waals surface area contributed by atoms with Gasteiger partial charge in [-0.15, -0.1) is 0 Å². The number of rotatable bonds is 0. The van der Waals surface area contributed by atoms with Crippen LogP contribution in [0.15, 0.2) is 0 Å². The first kappa shape index (κ1) is 9.27. The number of nitrogens with zero attached hydrogens (tertiary/aromatic N) is 1. The molecular weight excluding hydrogens is 77.5 g/mol. The fraction of sp³-hybridized carbons (Fsp3) is 0. The van der Waals surface area contributed by atoms with Gasteiger partial charge in [-0.2, -0.15) is 5.26 Å². The molecule has 0 saturated heterocycles. The van der Waals surface area contributed by atoms with E-state index in [4.69, 9.17) is 5.26 Å². The van der Waals surface area contributed by atoms with Crippen molar-refractivity contribution < 1.29 is 5.48 Å².